The van der Waals surface area contributed by atoms with Gasteiger partial charge in [0.15, 0.2) is 0 Å². The predicted molar refractivity (Wildman–Crippen MR) is 214 cm³/mol. The van der Waals surface area contributed by atoms with Crippen molar-refractivity contribution in [3.8, 4) is 5.75 Å². The molecule has 0 saturated carbocycles. The molecule has 5 aromatic rings. The lowest BCUT2D eigenvalue weighted by atomic mass is 9.77. The maximum atomic E-state index is 6.70. The predicted octanol–water partition coefficient (Wildman–Crippen LogP) is 11.0. The summed E-state index contributed by atoms with van der Waals surface area (Å²) < 4.78 is 8.10. The Morgan fingerprint density at radius 2 is 1.72 bits per heavy atom. The van der Waals surface area contributed by atoms with Gasteiger partial charge in [-0.05, 0) is 101 Å². The number of para-hydroxylation sites is 1. The Morgan fingerprint density at radius 1 is 0.800 bits per heavy atom. The van der Waals surface area contributed by atoms with E-state index in [1.165, 1.54) is 70.7 Å². The van der Waals surface area contributed by atoms with Crippen LogP contribution >= 0.6 is 11.3 Å². The molecule has 4 aromatic carbocycles. The topological polar surface area (TPSA) is 12.5 Å². The van der Waals surface area contributed by atoms with Gasteiger partial charge in [-0.25, -0.2) is 0 Å². The van der Waals surface area contributed by atoms with Gasteiger partial charge in [0, 0.05) is 43.4 Å². The summed E-state index contributed by atoms with van der Waals surface area (Å²) in [5.74, 6) is 1.99. The minimum absolute atomic E-state index is 0.142. The van der Waals surface area contributed by atoms with E-state index in [2.05, 4.69) is 145 Å². The van der Waals surface area contributed by atoms with E-state index >= 15 is 0 Å². The van der Waals surface area contributed by atoms with Crippen LogP contribution in [0, 0.1) is 11.8 Å². The first-order chi connectivity index (χ1) is 24.8. The number of anilines is 1. The zero-order chi connectivity index (χ0) is 32.8. The molecule has 0 spiro atoms. The Labute approximate surface area is 299 Å². The Balaban J connectivity index is 0.996. The van der Waals surface area contributed by atoms with Crippen molar-refractivity contribution in [1.82, 2.24) is 0 Å². The first-order valence-corrected chi connectivity index (χ1v) is 20.6. The second kappa shape index (κ2) is 11.3. The Morgan fingerprint density at radius 3 is 2.66 bits per heavy atom. The molecule has 0 N–H and O–H groups in total. The van der Waals surface area contributed by atoms with Crippen LogP contribution in [0.25, 0.3) is 38.1 Å². The second-order valence-corrected chi connectivity index (χ2v) is 17.9. The van der Waals surface area contributed by atoms with Gasteiger partial charge in [-0.2, -0.15) is 0 Å². The van der Waals surface area contributed by atoms with Crippen LogP contribution in [-0.2, 0) is 6.42 Å². The third-order valence-corrected chi connectivity index (χ3v) is 15.6. The fraction of sp³-hybridized carbons (Fsp3) is 0.174. The van der Waals surface area contributed by atoms with Crippen LogP contribution in [0.2, 0.25) is 5.54 Å². The molecule has 0 bridgehead atoms. The summed E-state index contributed by atoms with van der Waals surface area (Å²) in [4.78, 5) is 4.16. The van der Waals surface area contributed by atoms with E-state index in [4.69, 9.17) is 4.74 Å². The summed E-state index contributed by atoms with van der Waals surface area (Å²) in [6.07, 6.45) is 26.5. The molecular weight excluding hydrogens is 643 g/mol. The Kier molecular flexibility index (Phi) is 6.53. The van der Waals surface area contributed by atoms with Gasteiger partial charge in [0.1, 0.15) is 11.9 Å². The summed E-state index contributed by atoms with van der Waals surface area (Å²) in [5, 5.41) is 5.69. The van der Waals surface area contributed by atoms with Gasteiger partial charge in [0.05, 0.1) is 15.2 Å². The fourth-order valence-corrected chi connectivity index (χ4v) is 13.4. The standard InChI is InChI=1S/C46H37NOSSi/c1-2-9-30-26-31(17-16-28(30)8-1)29-18-20-32(21-19-29)47(38-12-7-15-41-44(38)36-11-4-6-14-40(36)49-41)33-22-23-37-43(27-33)50-42-25-24-35-34-10-3-5-13-39(34)48-46(35)45(37)42/h1-5,7-13,15-18,20,22-27,37,43,45-46H,6,14,19,21,50H2. The number of benzene rings is 4. The van der Waals surface area contributed by atoms with Crippen LogP contribution in [0.4, 0.5) is 5.69 Å². The van der Waals surface area contributed by atoms with Crippen molar-refractivity contribution in [1.29, 1.82) is 0 Å². The molecule has 4 aliphatic carbocycles. The van der Waals surface area contributed by atoms with Crippen molar-refractivity contribution in [2.24, 2.45) is 11.8 Å². The number of thiophene rings is 1. The molecule has 6 aliphatic rings. The molecular formula is C46H37NOSSi. The van der Waals surface area contributed by atoms with Gasteiger partial charge in [0.2, 0.25) is 0 Å². The van der Waals surface area contributed by atoms with Gasteiger partial charge >= 0.3 is 0 Å². The van der Waals surface area contributed by atoms with Crippen LogP contribution in [0.3, 0.4) is 0 Å². The molecule has 2 nitrogen and oxygen atoms in total. The molecule has 4 heteroatoms. The van der Waals surface area contributed by atoms with Gasteiger partial charge in [-0.15, -0.1) is 11.3 Å². The number of hydrogen-bond acceptors (Lipinski definition) is 3. The molecule has 4 atom stereocenters. The van der Waals surface area contributed by atoms with E-state index in [9.17, 15) is 0 Å². The molecule has 1 aromatic heterocycles. The fourth-order valence-electron chi connectivity index (χ4n) is 9.58. The zero-order valence-electron chi connectivity index (χ0n) is 27.9. The lowest BCUT2D eigenvalue weighted by Gasteiger charge is -2.35. The van der Waals surface area contributed by atoms with Crippen LogP contribution in [0.1, 0.15) is 40.8 Å². The van der Waals surface area contributed by atoms with E-state index in [1.54, 1.807) is 5.20 Å². The summed E-state index contributed by atoms with van der Waals surface area (Å²) in [6, 6.07) is 31.2. The summed E-state index contributed by atoms with van der Waals surface area (Å²) >= 11 is 1.99. The van der Waals surface area contributed by atoms with Crippen LogP contribution in [0.5, 0.6) is 5.75 Å². The number of hydrogen-bond donors (Lipinski definition) is 0. The van der Waals surface area contributed by atoms with E-state index < -0.39 is 9.52 Å². The van der Waals surface area contributed by atoms with E-state index in [0.29, 0.717) is 17.4 Å². The maximum absolute atomic E-state index is 6.70. The highest BCUT2D eigenvalue weighted by Crippen LogP contribution is 2.55. The Bertz CT molecular complexity index is 2490. The Hall–Kier alpha value is -4.90. The van der Waals surface area contributed by atoms with Crippen molar-refractivity contribution in [3.63, 3.8) is 0 Å². The average molecular weight is 680 g/mol. The highest BCUT2D eigenvalue weighted by atomic mass is 32.1. The molecule has 0 radical (unpaired) electrons. The van der Waals surface area contributed by atoms with Crippen molar-refractivity contribution in [3.05, 3.63) is 172 Å². The summed E-state index contributed by atoms with van der Waals surface area (Å²) in [7, 11) is -0.500. The minimum Gasteiger partial charge on any atom is -0.484 e. The average Bonchev–Trinajstić information content (AvgIpc) is 3.86. The van der Waals surface area contributed by atoms with E-state index in [-0.39, 0.29) is 6.10 Å². The van der Waals surface area contributed by atoms with E-state index in [1.807, 2.05) is 11.3 Å². The largest absolute Gasteiger partial charge is 0.484 e. The van der Waals surface area contributed by atoms with Crippen molar-refractivity contribution >= 4 is 64.6 Å². The number of ether oxygens (including phenoxy) is 1. The van der Waals surface area contributed by atoms with Gasteiger partial charge in [-0.1, -0.05) is 108 Å². The summed E-state index contributed by atoms with van der Waals surface area (Å²) in [5.41, 5.74) is 11.5. The molecule has 3 heterocycles. The van der Waals surface area contributed by atoms with E-state index in [0.717, 1.165) is 31.4 Å². The molecule has 1 saturated heterocycles. The first-order valence-electron chi connectivity index (χ1n) is 18.2. The van der Waals surface area contributed by atoms with Crippen molar-refractivity contribution in [2.75, 3.05) is 4.90 Å². The number of allylic oxidation sites excluding steroid dienone is 10. The molecule has 242 valence electrons. The number of rotatable bonds is 4. The molecule has 0 amide bonds. The lowest BCUT2D eigenvalue weighted by Crippen LogP contribution is -2.31. The van der Waals surface area contributed by atoms with Crippen LogP contribution in [-0.4, -0.2) is 15.6 Å². The number of aryl methyl sites for hydroxylation is 1. The molecule has 2 aliphatic heterocycles. The molecule has 11 rings (SSSR count). The number of fused-ring (bicyclic) bond motifs is 11. The summed E-state index contributed by atoms with van der Waals surface area (Å²) in [6.45, 7) is 0. The first kappa shape index (κ1) is 28.9. The lowest BCUT2D eigenvalue weighted by molar-refractivity contribution is 0.201. The number of nitrogens with zero attached hydrogens (tertiary/aromatic N) is 1. The second-order valence-electron chi connectivity index (χ2n) is 14.6. The maximum Gasteiger partial charge on any atom is 0.131 e. The normalized spacial score (nSPS) is 24.7. The smallest absolute Gasteiger partial charge is 0.131 e. The van der Waals surface area contributed by atoms with Gasteiger partial charge in [-0.3, -0.25) is 0 Å². The SMILES string of the molecule is C1=Cc2c(sc3cccc(N(C4=CC5[SiH2]C6=CC=C7c8ccccc8OC7C6C5C=C4)C4=CC=C(c5ccc6ccccc6c5)CC4)c23)CC1. The zero-order valence-corrected chi connectivity index (χ0v) is 30.1. The third-order valence-electron chi connectivity index (χ3n) is 11.9. The minimum atomic E-state index is -0.500. The van der Waals surface area contributed by atoms with Crippen LogP contribution < -0.4 is 9.64 Å². The van der Waals surface area contributed by atoms with Gasteiger partial charge in [0.25, 0.3) is 0 Å². The van der Waals surface area contributed by atoms with Crippen molar-refractivity contribution in [2.45, 2.75) is 37.3 Å². The highest BCUT2D eigenvalue weighted by Gasteiger charge is 2.49. The third kappa shape index (κ3) is 4.44. The molecule has 1 fully saturated rings. The van der Waals surface area contributed by atoms with Crippen molar-refractivity contribution < 1.29 is 4.74 Å². The van der Waals surface area contributed by atoms with Gasteiger partial charge < -0.3 is 9.64 Å². The monoisotopic (exact) mass is 679 g/mol. The quantitative estimate of drug-likeness (QED) is 0.175. The molecule has 4 unspecified atom stereocenters. The highest BCUT2D eigenvalue weighted by molar-refractivity contribution is 7.19. The van der Waals surface area contributed by atoms with Crippen LogP contribution in [0.15, 0.2) is 150 Å². The molecule has 50 heavy (non-hydrogen) atoms.